The van der Waals surface area contributed by atoms with Crippen molar-refractivity contribution in [1.29, 1.82) is 0 Å². The van der Waals surface area contributed by atoms with E-state index in [1.165, 1.54) is 0 Å². The summed E-state index contributed by atoms with van der Waals surface area (Å²) in [5.74, 6) is 0.522. The number of benzene rings is 1. The van der Waals surface area contributed by atoms with Crippen LogP contribution >= 0.6 is 0 Å². The van der Waals surface area contributed by atoms with Crippen LogP contribution in [-0.4, -0.2) is 41.3 Å². The average molecular weight is 363 g/mol. The van der Waals surface area contributed by atoms with E-state index < -0.39 is 0 Å². The lowest BCUT2D eigenvalue weighted by molar-refractivity contribution is 0.0655. The zero-order chi connectivity index (χ0) is 18.6. The van der Waals surface area contributed by atoms with Gasteiger partial charge < -0.3 is 14.6 Å². The minimum atomic E-state index is -0.156. The van der Waals surface area contributed by atoms with Crippen molar-refractivity contribution in [2.45, 2.75) is 12.8 Å². The molecule has 3 heterocycles. The molecule has 0 unspecified atom stereocenters. The minimum Gasteiger partial charge on any atom is -0.451 e. The van der Waals surface area contributed by atoms with E-state index in [1.54, 1.807) is 30.5 Å². The van der Waals surface area contributed by atoms with Crippen molar-refractivity contribution in [2.75, 3.05) is 19.6 Å². The number of furan rings is 1. The van der Waals surface area contributed by atoms with Crippen LogP contribution < -0.4 is 5.32 Å². The number of fused-ring (bicyclic) bond motifs is 1. The first-order chi connectivity index (χ1) is 13.2. The summed E-state index contributed by atoms with van der Waals surface area (Å²) in [6, 6.07) is 14.7. The van der Waals surface area contributed by atoms with Crippen LogP contribution in [0.1, 0.15) is 33.9 Å². The van der Waals surface area contributed by atoms with Gasteiger partial charge in [0.05, 0.1) is 0 Å². The van der Waals surface area contributed by atoms with E-state index in [4.69, 9.17) is 4.42 Å². The predicted molar refractivity (Wildman–Crippen MR) is 101 cm³/mol. The van der Waals surface area contributed by atoms with E-state index in [-0.39, 0.29) is 11.8 Å². The largest absolute Gasteiger partial charge is 0.451 e. The van der Waals surface area contributed by atoms with Gasteiger partial charge in [-0.1, -0.05) is 24.3 Å². The van der Waals surface area contributed by atoms with Gasteiger partial charge in [-0.15, -0.1) is 0 Å². The first-order valence-electron chi connectivity index (χ1n) is 9.18. The van der Waals surface area contributed by atoms with E-state index in [2.05, 4.69) is 10.3 Å². The molecule has 0 saturated carbocycles. The number of piperidine rings is 1. The number of nitrogens with zero attached hydrogens (tertiary/aromatic N) is 2. The first-order valence-corrected chi connectivity index (χ1v) is 9.18. The van der Waals surface area contributed by atoms with Crippen LogP contribution in [0.3, 0.4) is 0 Å². The summed E-state index contributed by atoms with van der Waals surface area (Å²) < 4.78 is 5.68. The average Bonchev–Trinajstić information content (AvgIpc) is 3.17. The Hall–Kier alpha value is -3.15. The summed E-state index contributed by atoms with van der Waals surface area (Å²) in [6.07, 6.45) is 3.32. The molecular weight excluding hydrogens is 342 g/mol. The van der Waals surface area contributed by atoms with Crippen molar-refractivity contribution in [3.63, 3.8) is 0 Å². The van der Waals surface area contributed by atoms with Gasteiger partial charge >= 0.3 is 0 Å². The van der Waals surface area contributed by atoms with Crippen molar-refractivity contribution in [3.8, 4) is 0 Å². The minimum absolute atomic E-state index is 0.0674. The van der Waals surface area contributed by atoms with Gasteiger partial charge in [0, 0.05) is 31.2 Å². The molecule has 6 heteroatoms. The zero-order valence-electron chi connectivity index (χ0n) is 14.9. The van der Waals surface area contributed by atoms with E-state index in [0.29, 0.717) is 37.0 Å². The third-order valence-electron chi connectivity index (χ3n) is 4.99. The van der Waals surface area contributed by atoms with E-state index in [9.17, 15) is 9.59 Å². The highest BCUT2D eigenvalue weighted by atomic mass is 16.3. The second kappa shape index (κ2) is 7.61. The molecule has 1 saturated heterocycles. The van der Waals surface area contributed by atoms with Crippen molar-refractivity contribution in [1.82, 2.24) is 15.2 Å². The van der Waals surface area contributed by atoms with Gasteiger partial charge in [-0.05, 0) is 43.0 Å². The lowest BCUT2D eigenvalue weighted by atomic mass is 9.96. The molecule has 1 N–H and O–H groups in total. The molecule has 27 heavy (non-hydrogen) atoms. The molecule has 3 aromatic rings. The Morgan fingerprint density at radius 1 is 1.11 bits per heavy atom. The van der Waals surface area contributed by atoms with Gasteiger partial charge in [0.25, 0.3) is 11.8 Å². The summed E-state index contributed by atoms with van der Waals surface area (Å²) >= 11 is 0. The van der Waals surface area contributed by atoms with Crippen LogP contribution in [0, 0.1) is 5.92 Å². The molecule has 2 aromatic heterocycles. The molecule has 0 bridgehead atoms. The molecule has 0 atom stereocenters. The van der Waals surface area contributed by atoms with Crippen molar-refractivity contribution in [3.05, 3.63) is 66.2 Å². The number of para-hydroxylation sites is 1. The number of hydrogen-bond acceptors (Lipinski definition) is 4. The Bertz CT molecular complexity index is 910. The molecule has 138 valence electrons. The molecule has 1 fully saturated rings. The summed E-state index contributed by atoms with van der Waals surface area (Å²) in [5.41, 5.74) is 1.16. The quantitative estimate of drug-likeness (QED) is 0.773. The Labute approximate surface area is 157 Å². The number of nitrogens with one attached hydrogen (secondary N) is 1. The molecule has 2 amide bonds. The number of pyridine rings is 1. The van der Waals surface area contributed by atoms with Crippen LogP contribution in [-0.2, 0) is 0 Å². The van der Waals surface area contributed by atoms with E-state index in [1.807, 2.05) is 29.2 Å². The van der Waals surface area contributed by atoms with Crippen molar-refractivity contribution >= 4 is 22.8 Å². The van der Waals surface area contributed by atoms with Gasteiger partial charge in [0.2, 0.25) is 0 Å². The molecule has 6 nitrogen and oxygen atoms in total. The fourth-order valence-electron chi connectivity index (χ4n) is 3.41. The van der Waals surface area contributed by atoms with Crippen LogP contribution in [0.4, 0.5) is 0 Å². The lowest BCUT2D eigenvalue weighted by Gasteiger charge is -2.31. The molecule has 1 aromatic carbocycles. The smallest absolute Gasteiger partial charge is 0.289 e. The summed E-state index contributed by atoms with van der Waals surface area (Å²) in [5, 5.41) is 3.88. The molecule has 0 radical (unpaired) electrons. The zero-order valence-corrected chi connectivity index (χ0v) is 14.9. The maximum atomic E-state index is 12.7. The Morgan fingerprint density at radius 2 is 1.89 bits per heavy atom. The van der Waals surface area contributed by atoms with Gasteiger partial charge in [-0.25, -0.2) is 0 Å². The molecule has 1 aliphatic rings. The maximum absolute atomic E-state index is 12.7. The van der Waals surface area contributed by atoms with E-state index in [0.717, 1.165) is 23.8 Å². The predicted octanol–water partition coefficient (Wildman–Crippen LogP) is 3.11. The third kappa shape index (κ3) is 3.84. The SMILES string of the molecule is O=C(NCC1CCN(C(=O)c2cc3ccccc3o2)CC1)c1ccccn1. The number of amides is 2. The maximum Gasteiger partial charge on any atom is 0.289 e. The van der Waals surface area contributed by atoms with Crippen LogP contribution in [0.25, 0.3) is 11.0 Å². The number of carbonyl (C=O) groups is 2. The Kier molecular flexibility index (Phi) is 4.87. The molecular formula is C21H21N3O3. The molecule has 1 aliphatic heterocycles. The second-order valence-corrected chi connectivity index (χ2v) is 6.81. The second-order valence-electron chi connectivity index (χ2n) is 6.81. The highest BCUT2D eigenvalue weighted by Crippen LogP contribution is 2.23. The van der Waals surface area contributed by atoms with Crippen molar-refractivity contribution in [2.24, 2.45) is 5.92 Å². The number of aromatic nitrogens is 1. The first kappa shape index (κ1) is 17.3. The molecule has 4 rings (SSSR count). The summed E-state index contributed by atoms with van der Waals surface area (Å²) in [4.78, 5) is 30.6. The lowest BCUT2D eigenvalue weighted by Crippen LogP contribution is -2.41. The molecule has 0 spiro atoms. The van der Waals surface area contributed by atoms with Crippen LogP contribution in [0.15, 0.2) is 59.1 Å². The fourth-order valence-corrected chi connectivity index (χ4v) is 3.41. The third-order valence-corrected chi connectivity index (χ3v) is 4.99. The van der Waals surface area contributed by atoms with Gasteiger partial charge in [0.1, 0.15) is 11.3 Å². The summed E-state index contributed by atoms with van der Waals surface area (Å²) in [7, 11) is 0. The molecule has 0 aliphatic carbocycles. The normalized spacial score (nSPS) is 15.0. The van der Waals surface area contributed by atoms with Gasteiger partial charge in [-0.2, -0.15) is 0 Å². The highest BCUT2D eigenvalue weighted by Gasteiger charge is 2.26. The standard InChI is InChI=1S/C21H21N3O3/c25-20(17-6-3-4-10-22-17)23-14-15-8-11-24(12-9-15)21(26)19-13-16-5-1-2-7-18(16)27-19/h1-7,10,13,15H,8-9,11-12,14H2,(H,23,25). The fraction of sp³-hybridized carbons (Fsp3) is 0.286. The monoisotopic (exact) mass is 363 g/mol. The number of hydrogen-bond donors (Lipinski definition) is 1. The van der Waals surface area contributed by atoms with Crippen LogP contribution in [0.5, 0.6) is 0 Å². The number of rotatable bonds is 4. The van der Waals surface area contributed by atoms with Crippen LogP contribution in [0.2, 0.25) is 0 Å². The number of carbonyl (C=O) groups excluding carboxylic acids is 2. The topological polar surface area (TPSA) is 75.4 Å². The Balaban J connectivity index is 1.29. The van der Waals surface area contributed by atoms with Crippen molar-refractivity contribution < 1.29 is 14.0 Å². The van der Waals surface area contributed by atoms with Gasteiger partial charge in [0.15, 0.2) is 5.76 Å². The Morgan fingerprint density at radius 3 is 2.63 bits per heavy atom. The van der Waals surface area contributed by atoms with E-state index >= 15 is 0 Å². The van der Waals surface area contributed by atoms with Gasteiger partial charge in [-0.3, -0.25) is 14.6 Å². The summed E-state index contributed by atoms with van der Waals surface area (Å²) in [6.45, 7) is 1.93. The highest BCUT2D eigenvalue weighted by molar-refractivity contribution is 5.96. The number of likely N-dealkylation sites (tertiary alicyclic amines) is 1.